The number of benzene rings is 1. The van der Waals surface area contributed by atoms with Gasteiger partial charge in [-0.1, -0.05) is 18.2 Å². The zero-order valence-corrected chi connectivity index (χ0v) is 10.8. The van der Waals surface area contributed by atoms with Crippen molar-refractivity contribution in [3.05, 3.63) is 29.8 Å². The molecule has 18 heavy (non-hydrogen) atoms. The third kappa shape index (κ3) is 2.31. The van der Waals surface area contributed by atoms with Gasteiger partial charge in [0.2, 0.25) is 5.91 Å². The van der Waals surface area contributed by atoms with Crippen molar-refractivity contribution >= 4 is 29.2 Å². The molecule has 1 aromatic carbocycles. The van der Waals surface area contributed by atoms with Crippen LogP contribution < -0.4 is 5.32 Å². The average molecular weight is 263 g/mol. The third-order valence-corrected chi connectivity index (χ3v) is 3.69. The average Bonchev–Trinajstić information content (AvgIpc) is 2.38. The van der Waals surface area contributed by atoms with Crippen LogP contribution in [0.3, 0.4) is 0 Å². The molecule has 1 aliphatic rings. The van der Waals surface area contributed by atoms with Crippen LogP contribution in [0, 0.1) is 5.92 Å². The van der Waals surface area contributed by atoms with E-state index >= 15 is 0 Å². The van der Waals surface area contributed by atoms with Gasteiger partial charge >= 0.3 is 0 Å². The van der Waals surface area contributed by atoms with Crippen molar-refractivity contribution in [2.75, 3.05) is 12.8 Å². The predicted molar refractivity (Wildman–Crippen MR) is 68.7 cm³/mol. The summed E-state index contributed by atoms with van der Waals surface area (Å²) in [5.41, 5.74) is 0.445. The summed E-state index contributed by atoms with van der Waals surface area (Å²) in [6, 6.07) is 7.02. The minimum absolute atomic E-state index is 0.226. The van der Waals surface area contributed by atoms with Crippen molar-refractivity contribution < 1.29 is 14.4 Å². The summed E-state index contributed by atoms with van der Waals surface area (Å²) in [6.45, 7) is 0.325. The van der Waals surface area contributed by atoms with Gasteiger partial charge in [0, 0.05) is 23.4 Å². The number of hydrogen-bond acceptors (Lipinski definition) is 4. The fourth-order valence-electron chi connectivity index (χ4n) is 1.97. The molecule has 1 atom stereocenters. The summed E-state index contributed by atoms with van der Waals surface area (Å²) in [5.74, 6) is -2.35. The SMILES string of the molecule is CSc1ccccc1C(=O)C1C(=O)CCNC1=O. The standard InChI is InChI=1S/C13H13NO3S/c1-18-10-5-3-2-4-8(10)12(16)11-9(15)6-7-14-13(11)17/h2-5,11H,6-7H2,1H3,(H,14,17). The molecule has 0 saturated carbocycles. The Hall–Kier alpha value is -1.62. The fourth-order valence-corrected chi connectivity index (χ4v) is 2.57. The largest absolute Gasteiger partial charge is 0.355 e. The lowest BCUT2D eigenvalue weighted by Gasteiger charge is -2.20. The molecule has 2 rings (SSSR count). The summed E-state index contributed by atoms with van der Waals surface area (Å²) in [7, 11) is 0. The van der Waals surface area contributed by atoms with Crippen LogP contribution in [0.4, 0.5) is 0 Å². The molecule has 1 aromatic rings. The molecule has 0 spiro atoms. The summed E-state index contributed by atoms with van der Waals surface area (Å²) in [4.78, 5) is 36.5. The maximum atomic E-state index is 12.3. The van der Waals surface area contributed by atoms with Gasteiger partial charge in [0.05, 0.1) is 0 Å². The number of rotatable bonds is 3. The van der Waals surface area contributed by atoms with Crippen molar-refractivity contribution in [2.45, 2.75) is 11.3 Å². The molecular weight excluding hydrogens is 250 g/mol. The lowest BCUT2D eigenvalue weighted by Crippen LogP contribution is -2.46. The number of nitrogens with one attached hydrogen (secondary N) is 1. The first kappa shape index (κ1) is 12.8. The van der Waals surface area contributed by atoms with E-state index in [1.54, 1.807) is 12.1 Å². The van der Waals surface area contributed by atoms with Gasteiger partial charge in [0.25, 0.3) is 0 Å². The van der Waals surface area contributed by atoms with Crippen molar-refractivity contribution in [1.82, 2.24) is 5.32 Å². The third-order valence-electron chi connectivity index (χ3n) is 2.89. The van der Waals surface area contributed by atoms with E-state index in [0.717, 1.165) is 4.90 Å². The Morgan fingerprint density at radius 3 is 2.72 bits per heavy atom. The van der Waals surface area contributed by atoms with Gasteiger partial charge in [0.1, 0.15) is 0 Å². The van der Waals surface area contributed by atoms with E-state index < -0.39 is 17.6 Å². The second-order valence-electron chi connectivity index (χ2n) is 4.00. The van der Waals surface area contributed by atoms with E-state index in [-0.39, 0.29) is 12.2 Å². The van der Waals surface area contributed by atoms with Gasteiger partial charge in [0.15, 0.2) is 17.5 Å². The Bertz CT molecular complexity index is 497. The molecule has 1 amide bonds. The number of hydrogen-bond donors (Lipinski definition) is 1. The summed E-state index contributed by atoms with van der Waals surface area (Å²) in [6.07, 6.45) is 2.08. The number of ketones is 2. The Morgan fingerprint density at radius 1 is 1.33 bits per heavy atom. The summed E-state index contributed by atoms with van der Waals surface area (Å²) in [5, 5.41) is 2.56. The van der Waals surface area contributed by atoms with E-state index in [1.807, 2.05) is 18.4 Å². The summed E-state index contributed by atoms with van der Waals surface area (Å²) >= 11 is 1.43. The molecule has 1 heterocycles. The Balaban J connectivity index is 2.35. The van der Waals surface area contributed by atoms with E-state index in [9.17, 15) is 14.4 Å². The molecule has 4 nitrogen and oxygen atoms in total. The quantitative estimate of drug-likeness (QED) is 0.507. The number of Topliss-reactive ketones (excluding diaryl/α,β-unsaturated/α-hetero) is 2. The Morgan fingerprint density at radius 2 is 2.06 bits per heavy atom. The molecule has 0 bridgehead atoms. The highest BCUT2D eigenvalue weighted by Gasteiger charge is 2.37. The van der Waals surface area contributed by atoms with Crippen molar-refractivity contribution in [3.63, 3.8) is 0 Å². The number of thioether (sulfide) groups is 1. The Labute approximate surface area is 109 Å². The molecular formula is C13H13NO3S. The number of carbonyl (C=O) groups excluding carboxylic acids is 3. The molecule has 1 aliphatic heterocycles. The maximum Gasteiger partial charge on any atom is 0.238 e. The van der Waals surface area contributed by atoms with Gasteiger partial charge in [-0.2, -0.15) is 0 Å². The molecule has 0 aliphatic carbocycles. The normalized spacial score (nSPS) is 19.5. The maximum absolute atomic E-state index is 12.3. The molecule has 1 fully saturated rings. The highest BCUT2D eigenvalue weighted by atomic mass is 32.2. The first-order chi connectivity index (χ1) is 8.65. The Kier molecular flexibility index (Phi) is 3.81. The van der Waals surface area contributed by atoms with E-state index in [4.69, 9.17) is 0 Å². The number of piperidine rings is 1. The number of amides is 1. The smallest absolute Gasteiger partial charge is 0.238 e. The van der Waals surface area contributed by atoms with E-state index in [1.165, 1.54) is 11.8 Å². The lowest BCUT2D eigenvalue weighted by molar-refractivity contribution is -0.134. The fraction of sp³-hybridized carbons (Fsp3) is 0.308. The van der Waals surface area contributed by atoms with Crippen LogP contribution >= 0.6 is 11.8 Å². The van der Waals surface area contributed by atoms with Crippen LogP contribution in [0.15, 0.2) is 29.2 Å². The minimum Gasteiger partial charge on any atom is -0.355 e. The molecule has 5 heteroatoms. The topological polar surface area (TPSA) is 63.2 Å². The highest BCUT2D eigenvalue weighted by Crippen LogP contribution is 2.24. The molecule has 1 N–H and O–H groups in total. The van der Waals surface area contributed by atoms with Crippen LogP contribution in [0.25, 0.3) is 0 Å². The van der Waals surface area contributed by atoms with Crippen LogP contribution in [0.1, 0.15) is 16.8 Å². The van der Waals surface area contributed by atoms with Crippen LogP contribution in [0.2, 0.25) is 0 Å². The highest BCUT2D eigenvalue weighted by molar-refractivity contribution is 7.98. The molecule has 1 unspecified atom stereocenters. The second kappa shape index (κ2) is 5.35. The minimum atomic E-state index is -1.17. The predicted octanol–water partition coefficient (Wildman–Crippen LogP) is 1.30. The van der Waals surface area contributed by atoms with Gasteiger partial charge in [-0.15, -0.1) is 11.8 Å². The number of carbonyl (C=O) groups is 3. The zero-order valence-electron chi connectivity index (χ0n) is 9.93. The second-order valence-corrected chi connectivity index (χ2v) is 4.85. The molecule has 1 saturated heterocycles. The van der Waals surface area contributed by atoms with Gasteiger partial charge < -0.3 is 5.32 Å². The molecule has 0 aromatic heterocycles. The monoisotopic (exact) mass is 263 g/mol. The lowest BCUT2D eigenvalue weighted by atomic mass is 9.89. The van der Waals surface area contributed by atoms with E-state index in [0.29, 0.717) is 12.1 Å². The first-order valence-electron chi connectivity index (χ1n) is 5.63. The van der Waals surface area contributed by atoms with Gasteiger partial charge in [-0.05, 0) is 12.3 Å². The van der Waals surface area contributed by atoms with Gasteiger partial charge in [-0.25, -0.2) is 0 Å². The summed E-state index contributed by atoms with van der Waals surface area (Å²) < 4.78 is 0. The van der Waals surface area contributed by atoms with Crippen LogP contribution in [-0.4, -0.2) is 30.3 Å². The van der Waals surface area contributed by atoms with Crippen molar-refractivity contribution in [1.29, 1.82) is 0 Å². The molecule has 94 valence electrons. The zero-order chi connectivity index (χ0) is 13.1. The first-order valence-corrected chi connectivity index (χ1v) is 6.85. The van der Waals surface area contributed by atoms with Crippen molar-refractivity contribution in [3.8, 4) is 0 Å². The van der Waals surface area contributed by atoms with Crippen LogP contribution in [0.5, 0.6) is 0 Å². The van der Waals surface area contributed by atoms with E-state index in [2.05, 4.69) is 5.32 Å². The van der Waals surface area contributed by atoms with Gasteiger partial charge in [-0.3, -0.25) is 14.4 Å². The van der Waals surface area contributed by atoms with Crippen LogP contribution in [-0.2, 0) is 9.59 Å². The molecule has 0 radical (unpaired) electrons. The van der Waals surface area contributed by atoms with Crippen molar-refractivity contribution in [2.24, 2.45) is 5.92 Å².